The largest absolute Gasteiger partial charge is 0.327 e. The second-order valence-electron chi connectivity index (χ2n) is 5.61. The van der Waals surface area contributed by atoms with Crippen molar-refractivity contribution in [1.82, 2.24) is 15.1 Å². The summed E-state index contributed by atoms with van der Waals surface area (Å²) in [6.07, 6.45) is 5.36. The van der Waals surface area contributed by atoms with Crippen LogP contribution in [0, 0.1) is 0 Å². The third-order valence-corrected chi connectivity index (χ3v) is 4.55. The molecule has 0 saturated carbocycles. The van der Waals surface area contributed by atoms with Crippen LogP contribution >= 0.6 is 23.2 Å². The van der Waals surface area contributed by atoms with Crippen LogP contribution in [0.5, 0.6) is 0 Å². The van der Waals surface area contributed by atoms with E-state index in [0.717, 1.165) is 12.8 Å². The maximum atomic E-state index is 12.7. The van der Waals surface area contributed by atoms with Crippen LogP contribution in [0.1, 0.15) is 29.6 Å². The van der Waals surface area contributed by atoms with Crippen LogP contribution in [0.25, 0.3) is 0 Å². The summed E-state index contributed by atoms with van der Waals surface area (Å²) in [6.45, 7) is 0.538. The SMILES string of the molecule is O=C(Nc1ccc(Cl)cc1Cl)C1CCCCN1C(=O)c1cn[nH]c1. The molecule has 3 rings (SSSR count). The highest BCUT2D eigenvalue weighted by Crippen LogP contribution is 2.27. The number of carbonyl (C=O) groups is 2. The van der Waals surface area contributed by atoms with Gasteiger partial charge >= 0.3 is 0 Å². The molecule has 2 amide bonds. The number of aromatic nitrogens is 2. The van der Waals surface area contributed by atoms with E-state index in [0.29, 0.717) is 34.3 Å². The minimum atomic E-state index is -0.534. The molecule has 1 atom stereocenters. The molecule has 1 aliphatic rings. The zero-order valence-electron chi connectivity index (χ0n) is 12.8. The number of anilines is 1. The Kier molecular flexibility index (Phi) is 5.06. The van der Waals surface area contributed by atoms with Crippen LogP contribution in [0.15, 0.2) is 30.6 Å². The number of hydrogen-bond acceptors (Lipinski definition) is 3. The monoisotopic (exact) mass is 366 g/mol. The molecule has 24 heavy (non-hydrogen) atoms. The van der Waals surface area contributed by atoms with Crippen molar-refractivity contribution in [1.29, 1.82) is 0 Å². The molecule has 8 heteroatoms. The van der Waals surface area contributed by atoms with Crippen molar-refractivity contribution in [2.45, 2.75) is 25.3 Å². The average molecular weight is 367 g/mol. The summed E-state index contributed by atoms with van der Waals surface area (Å²) >= 11 is 12.0. The van der Waals surface area contributed by atoms with E-state index in [1.807, 2.05) is 0 Å². The van der Waals surface area contributed by atoms with E-state index >= 15 is 0 Å². The molecule has 2 N–H and O–H groups in total. The van der Waals surface area contributed by atoms with Crippen molar-refractivity contribution in [3.63, 3.8) is 0 Å². The molecule has 2 heterocycles. The van der Waals surface area contributed by atoms with Gasteiger partial charge in [0.15, 0.2) is 0 Å². The van der Waals surface area contributed by atoms with Gasteiger partial charge in [0.25, 0.3) is 5.91 Å². The first-order valence-corrected chi connectivity index (χ1v) is 8.37. The number of benzene rings is 1. The van der Waals surface area contributed by atoms with Crippen LogP contribution in [0.2, 0.25) is 10.0 Å². The second kappa shape index (κ2) is 7.23. The molecule has 0 spiro atoms. The zero-order chi connectivity index (χ0) is 17.1. The number of H-pyrrole nitrogens is 1. The molecule has 2 aromatic rings. The maximum absolute atomic E-state index is 12.7. The lowest BCUT2D eigenvalue weighted by Crippen LogP contribution is -2.50. The number of nitrogens with zero attached hydrogens (tertiary/aromatic N) is 2. The smallest absolute Gasteiger partial charge is 0.257 e. The number of halogens is 2. The average Bonchev–Trinajstić information content (AvgIpc) is 3.11. The van der Waals surface area contributed by atoms with Crippen molar-refractivity contribution >= 4 is 40.7 Å². The number of hydrogen-bond donors (Lipinski definition) is 2. The number of amides is 2. The summed E-state index contributed by atoms with van der Waals surface area (Å²) < 4.78 is 0. The van der Waals surface area contributed by atoms with E-state index < -0.39 is 6.04 Å². The number of nitrogens with one attached hydrogen (secondary N) is 2. The molecule has 1 unspecified atom stereocenters. The number of carbonyl (C=O) groups excluding carboxylic acids is 2. The second-order valence-corrected chi connectivity index (χ2v) is 6.45. The van der Waals surface area contributed by atoms with Gasteiger partial charge in [-0.2, -0.15) is 5.10 Å². The Bertz CT molecular complexity index is 749. The van der Waals surface area contributed by atoms with Gasteiger partial charge in [0.05, 0.1) is 22.5 Å². The Morgan fingerprint density at radius 2 is 2.12 bits per heavy atom. The molecular formula is C16H16Cl2N4O2. The van der Waals surface area contributed by atoms with Gasteiger partial charge in [-0.05, 0) is 37.5 Å². The summed E-state index contributed by atoms with van der Waals surface area (Å²) in [5.74, 6) is -0.457. The van der Waals surface area contributed by atoms with Crippen LogP contribution in [0.3, 0.4) is 0 Å². The fourth-order valence-electron chi connectivity index (χ4n) is 2.79. The highest BCUT2D eigenvalue weighted by molar-refractivity contribution is 6.36. The van der Waals surface area contributed by atoms with Gasteiger partial charge in [-0.25, -0.2) is 0 Å². The molecule has 0 radical (unpaired) electrons. The highest BCUT2D eigenvalue weighted by Gasteiger charge is 2.33. The Hall–Kier alpha value is -2.05. The van der Waals surface area contributed by atoms with E-state index in [-0.39, 0.29) is 11.8 Å². The van der Waals surface area contributed by atoms with E-state index in [4.69, 9.17) is 23.2 Å². The van der Waals surface area contributed by atoms with Gasteiger partial charge in [-0.3, -0.25) is 14.7 Å². The van der Waals surface area contributed by atoms with Crippen molar-refractivity contribution in [2.24, 2.45) is 0 Å². The van der Waals surface area contributed by atoms with Gasteiger partial charge in [0.1, 0.15) is 6.04 Å². The summed E-state index contributed by atoms with van der Waals surface area (Å²) in [4.78, 5) is 26.8. The molecule has 6 nitrogen and oxygen atoms in total. The normalized spacial score (nSPS) is 17.6. The number of piperidine rings is 1. The van der Waals surface area contributed by atoms with Crippen LogP contribution < -0.4 is 5.32 Å². The minimum Gasteiger partial charge on any atom is -0.327 e. The number of aromatic amines is 1. The third kappa shape index (κ3) is 3.55. The lowest BCUT2D eigenvalue weighted by atomic mass is 10.0. The van der Waals surface area contributed by atoms with Crippen molar-refractivity contribution in [2.75, 3.05) is 11.9 Å². The van der Waals surface area contributed by atoms with Crippen molar-refractivity contribution < 1.29 is 9.59 Å². The molecule has 0 aliphatic carbocycles. The van der Waals surface area contributed by atoms with E-state index in [9.17, 15) is 9.59 Å². The summed E-state index contributed by atoms with van der Waals surface area (Å²) in [5, 5.41) is 10.1. The van der Waals surface area contributed by atoms with Crippen LogP contribution in [0.4, 0.5) is 5.69 Å². The molecule has 1 aliphatic heterocycles. The van der Waals surface area contributed by atoms with E-state index in [1.54, 1.807) is 23.1 Å². The van der Waals surface area contributed by atoms with Gasteiger partial charge in [0, 0.05) is 17.8 Å². The standard InChI is InChI=1S/C16H16Cl2N4O2/c17-11-4-5-13(12(18)7-11)21-15(23)14-3-1-2-6-22(14)16(24)10-8-19-20-9-10/h4-5,7-9,14H,1-3,6H2,(H,19,20)(H,21,23). The first kappa shape index (κ1) is 16.8. The Morgan fingerprint density at radius 3 is 2.83 bits per heavy atom. The predicted octanol–water partition coefficient (Wildman–Crippen LogP) is 3.35. The predicted molar refractivity (Wildman–Crippen MR) is 92.4 cm³/mol. The fourth-order valence-corrected chi connectivity index (χ4v) is 3.24. The van der Waals surface area contributed by atoms with Crippen molar-refractivity contribution in [3.05, 3.63) is 46.2 Å². The molecule has 1 aromatic carbocycles. The summed E-state index contributed by atoms with van der Waals surface area (Å²) in [5.41, 5.74) is 0.923. The first-order valence-electron chi connectivity index (χ1n) is 7.62. The fraction of sp³-hybridized carbons (Fsp3) is 0.312. The quantitative estimate of drug-likeness (QED) is 0.873. The van der Waals surface area contributed by atoms with E-state index in [1.165, 1.54) is 12.4 Å². The van der Waals surface area contributed by atoms with Gasteiger partial charge in [-0.1, -0.05) is 23.2 Å². The molecular weight excluding hydrogens is 351 g/mol. The molecule has 1 saturated heterocycles. The third-order valence-electron chi connectivity index (χ3n) is 4.00. The number of likely N-dealkylation sites (tertiary alicyclic amines) is 1. The van der Waals surface area contributed by atoms with Gasteiger partial charge in [0.2, 0.25) is 5.91 Å². The Labute approximate surface area is 149 Å². The van der Waals surface area contributed by atoms with Gasteiger partial charge < -0.3 is 10.2 Å². The minimum absolute atomic E-state index is 0.203. The Balaban J connectivity index is 1.77. The van der Waals surface area contributed by atoms with Gasteiger partial charge in [-0.15, -0.1) is 0 Å². The van der Waals surface area contributed by atoms with E-state index in [2.05, 4.69) is 15.5 Å². The first-order chi connectivity index (χ1) is 11.6. The van der Waals surface area contributed by atoms with Crippen LogP contribution in [-0.2, 0) is 4.79 Å². The van der Waals surface area contributed by atoms with Crippen LogP contribution in [-0.4, -0.2) is 39.5 Å². The Morgan fingerprint density at radius 1 is 1.29 bits per heavy atom. The molecule has 1 fully saturated rings. The van der Waals surface area contributed by atoms with Crippen molar-refractivity contribution in [3.8, 4) is 0 Å². The maximum Gasteiger partial charge on any atom is 0.257 e. The summed E-state index contributed by atoms with van der Waals surface area (Å²) in [6, 6.07) is 4.33. The zero-order valence-corrected chi connectivity index (χ0v) is 14.3. The lowest BCUT2D eigenvalue weighted by Gasteiger charge is -2.34. The summed E-state index contributed by atoms with van der Waals surface area (Å²) in [7, 11) is 0. The highest BCUT2D eigenvalue weighted by atomic mass is 35.5. The molecule has 126 valence electrons. The topological polar surface area (TPSA) is 78.1 Å². The lowest BCUT2D eigenvalue weighted by molar-refractivity contribution is -0.121. The molecule has 0 bridgehead atoms. The number of rotatable bonds is 3. The molecule has 1 aromatic heterocycles.